The zero-order valence-electron chi connectivity index (χ0n) is 15.9. The minimum absolute atomic E-state index is 0.0448. The summed E-state index contributed by atoms with van der Waals surface area (Å²) < 4.78 is 27.2. The van der Waals surface area contributed by atoms with Gasteiger partial charge in [-0.2, -0.15) is 5.26 Å². The number of hydrogen-bond acceptors (Lipinski definition) is 6. The maximum absolute atomic E-state index is 13.6. The first-order valence-electron chi connectivity index (χ1n) is 9.45. The summed E-state index contributed by atoms with van der Waals surface area (Å²) in [5, 5.41) is 12.2. The molecule has 4 rings (SSSR count). The Hall–Kier alpha value is -2.93. The number of halogens is 2. The van der Waals surface area contributed by atoms with Gasteiger partial charge < -0.3 is 15.1 Å². The summed E-state index contributed by atoms with van der Waals surface area (Å²) >= 11 is 1.49. The maximum Gasteiger partial charge on any atom is 0.252 e. The number of pyridine rings is 1. The van der Waals surface area contributed by atoms with E-state index in [0.29, 0.717) is 33.8 Å². The Morgan fingerprint density at radius 3 is 2.77 bits per heavy atom. The van der Waals surface area contributed by atoms with Crippen molar-refractivity contribution in [2.45, 2.75) is 18.4 Å². The van der Waals surface area contributed by atoms with Crippen molar-refractivity contribution >= 4 is 40.2 Å². The SMILES string of the molecule is N#C[C@@H]1CSCN1C(=O)CNC(=O)c1ccnc2ccc(N3C[C@@H](F)[C@@H](F)C3)cc12. The van der Waals surface area contributed by atoms with Crippen LogP contribution in [0.1, 0.15) is 10.4 Å². The third kappa shape index (κ3) is 3.89. The molecule has 2 fully saturated rings. The minimum Gasteiger partial charge on any atom is -0.365 e. The summed E-state index contributed by atoms with van der Waals surface area (Å²) in [6.45, 7) is -0.311. The number of amides is 2. The number of thioether (sulfide) groups is 1. The minimum atomic E-state index is -1.54. The maximum atomic E-state index is 13.6. The summed E-state index contributed by atoms with van der Waals surface area (Å²) in [4.78, 5) is 32.4. The summed E-state index contributed by atoms with van der Waals surface area (Å²) in [7, 11) is 0. The van der Waals surface area contributed by atoms with Gasteiger partial charge in [0.15, 0.2) is 12.3 Å². The highest BCUT2D eigenvalue weighted by Crippen LogP contribution is 2.28. The van der Waals surface area contributed by atoms with Gasteiger partial charge in [-0.1, -0.05) is 0 Å². The number of alkyl halides is 2. The van der Waals surface area contributed by atoms with Crippen LogP contribution < -0.4 is 10.2 Å². The van der Waals surface area contributed by atoms with Gasteiger partial charge in [0.1, 0.15) is 6.04 Å². The van der Waals surface area contributed by atoms with Crippen molar-refractivity contribution in [2.24, 2.45) is 0 Å². The van der Waals surface area contributed by atoms with E-state index in [9.17, 15) is 18.4 Å². The molecule has 0 spiro atoms. The second-order valence-electron chi connectivity index (χ2n) is 7.19. The molecular weight excluding hydrogens is 412 g/mol. The highest BCUT2D eigenvalue weighted by Gasteiger charge is 2.33. The topological polar surface area (TPSA) is 89.3 Å². The molecule has 2 saturated heterocycles. The lowest BCUT2D eigenvalue weighted by Crippen LogP contribution is -2.42. The fourth-order valence-electron chi connectivity index (χ4n) is 3.61. The number of carbonyl (C=O) groups excluding carboxylic acids is 2. The molecule has 0 aliphatic carbocycles. The van der Waals surface area contributed by atoms with Crippen LogP contribution in [0.5, 0.6) is 0 Å². The molecule has 1 N–H and O–H groups in total. The molecule has 0 bridgehead atoms. The van der Waals surface area contributed by atoms with Gasteiger partial charge in [0.2, 0.25) is 5.91 Å². The average Bonchev–Trinajstić information content (AvgIpc) is 3.37. The molecule has 3 atom stereocenters. The van der Waals surface area contributed by atoms with E-state index in [0.717, 1.165) is 0 Å². The van der Waals surface area contributed by atoms with Crippen molar-refractivity contribution in [2.75, 3.05) is 36.2 Å². The number of nitriles is 1. The molecule has 10 heteroatoms. The third-order valence-electron chi connectivity index (χ3n) is 5.27. The molecule has 2 aliphatic heterocycles. The first-order chi connectivity index (χ1) is 14.5. The van der Waals surface area contributed by atoms with Crippen LogP contribution in [0.3, 0.4) is 0 Å². The van der Waals surface area contributed by atoms with Crippen LogP contribution in [0, 0.1) is 11.3 Å². The molecule has 2 amide bonds. The number of rotatable bonds is 4. The number of nitrogens with one attached hydrogen (secondary N) is 1. The Morgan fingerprint density at radius 2 is 2.03 bits per heavy atom. The molecule has 1 aromatic heterocycles. The Bertz CT molecular complexity index is 1020. The largest absolute Gasteiger partial charge is 0.365 e. The van der Waals surface area contributed by atoms with Crippen molar-refractivity contribution in [1.29, 1.82) is 5.26 Å². The van der Waals surface area contributed by atoms with Crippen LogP contribution in [-0.2, 0) is 4.79 Å². The van der Waals surface area contributed by atoms with Crippen molar-refractivity contribution in [3.8, 4) is 6.07 Å². The fraction of sp³-hybridized carbons (Fsp3) is 0.400. The standard InChI is InChI=1S/C20H19F2N5O2S/c21-16-8-26(9-17(16)22)12-1-2-18-15(5-12)14(3-4-24-18)20(29)25-7-19(28)27-11-30-10-13(27)6-23/h1-5,13,16-17H,7-11H2,(H,25,29)/t13-,16-,17+/m1/s1. The van der Waals surface area contributed by atoms with E-state index < -0.39 is 24.3 Å². The van der Waals surface area contributed by atoms with Gasteiger partial charge >= 0.3 is 0 Å². The van der Waals surface area contributed by atoms with Gasteiger partial charge in [0.25, 0.3) is 5.91 Å². The summed E-state index contributed by atoms with van der Waals surface area (Å²) in [5.74, 6) is 0.208. The van der Waals surface area contributed by atoms with Crippen LogP contribution in [0.25, 0.3) is 10.9 Å². The predicted molar refractivity (Wildman–Crippen MR) is 110 cm³/mol. The van der Waals surface area contributed by atoms with Gasteiger partial charge in [-0.3, -0.25) is 14.6 Å². The molecule has 156 valence electrons. The third-order valence-corrected chi connectivity index (χ3v) is 6.28. The Labute approximate surface area is 176 Å². The zero-order chi connectivity index (χ0) is 21.3. The molecule has 3 heterocycles. The molecule has 0 radical (unpaired) electrons. The number of fused-ring (bicyclic) bond motifs is 1. The van der Waals surface area contributed by atoms with Gasteiger partial charge in [-0.15, -0.1) is 11.8 Å². The number of carbonyl (C=O) groups is 2. The van der Waals surface area contributed by atoms with Crippen LogP contribution in [-0.4, -0.2) is 71.3 Å². The number of anilines is 1. The van der Waals surface area contributed by atoms with Crippen molar-refractivity contribution in [3.63, 3.8) is 0 Å². The second-order valence-corrected chi connectivity index (χ2v) is 8.19. The lowest BCUT2D eigenvalue weighted by Gasteiger charge is -2.19. The lowest BCUT2D eigenvalue weighted by molar-refractivity contribution is -0.129. The zero-order valence-corrected chi connectivity index (χ0v) is 16.7. The normalized spacial score (nSPS) is 23.6. The lowest BCUT2D eigenvalue weighted by atomic mass is 10.1. The monoisotopic (exact) mass is 431 g/mol. The molecule has 2 aliphatic rings. The van der Waals surface area contributed by atoms with Crippen molar-refractivity contribution in [1.82, 2.24) is 15.2 Å². The average molecular weight is 431 g/mol. The van der Waals surface area contributed by atoms with Gasteiger partial charge in [0.05, 0.1) is 42.7 Å². The van der Waals surface area contributed by atoms with E-state index in [-0.39, 0.29) is 25.5 Å². The summed E-state index contributed by atoms with van der Waals surface area (Å²) in [6, 6.07) is 8.24. The Kier molecular flexibility index (Phi) is 5.72. The Morgan fingerprint density at radius 1 is 1.27 bits per heavy atom. The molecule has 0 unspecified atom stereocenters. The van der Waals surface area contributed by atoms with E-state index in [4.69, 9.17) is 5.26 Å². The van der Waals surface area contributed by atoms with E-state index in [1.54, 1.807) is 23.1 Å². The van der Waals surface area contributed by atoms with Crippen LogP contribution in [0.2, 0.25) is 0 Å². The Balaban J connectivity index is 1.51. The van der Waals surface area contributed by atoms with Crippen LogP contribution >= 0.6 is 11.8 Å². The number of nitrogens with zero attached hydrogens (tertiary/aromatic N) is 4. The molecule has 2 aromatic rings. The number of hydrogen-bond donors (Lipinski definition) is 1. The number of aromatic nitrogens is 1. The quantitative estimate of drug-likeness (QED) is 0.795. The molecule has 30 heavy (non-hydrogen) atoms. The van der Waals surface area contributed by atoms with Gasteiger partial charge in [0, 0.05) is 23.0 Å². The highest BCUT2D eigenvalue weighted by molar-refractivity contribution is 7.99. The van der Waals surface area contributed by atoms with Gasteiger partial charge in [-0.05, 0) is 24.3 Å². The van der Waals surface area contributed by atoms with E-state index in [1.165, 1.54) is 28.9 Å². The first kappa shape index (κ1) is 20.3. The second kappa shape index (κ2) is 8.44. The molecule has 7 nitrogen and oxygen atoms in total. The smallest absolute Gasteiger partial charge is 0.252 e. The van der Waals surface area contributed by atoms with Crippen LogP contribution in [0.15, 0.2) is 30.5 Å². The predicted octanol–water partition coefficient (Wildman–Crippen LogP) is 1.89. The molecule has 0 saturated carbocycles. The summed E-state index contributed by atoms with van der Waals surface area (Å²) in [5.41, 5.74) is 1.48. The van der Waals surface area contributed by atoms with Crippen molar-refractivity contribution in [3.05, 3.63) is 36.0 Å². The molecule has 1 aromatic carbocycles. The highest BCUT2D eigenvalue weighted by atomic mass is 32.2. The van der Waals surface area contributed by atoms with E-state index >= 15 is 0 Å². The van der Waals surface area contributed by atoms with Crippen LogP contribution in [0.4, 0.5) is 14.5 Å². The summed E-state index contributed by atoms with van der Waals surface area (Å²) in [6.07, 6.45) is -1.58. The van der Waals surface area contributed by atoms with Crippen molar-refractivity contribution < 1.29 is 18.4 Å². The van der Waals surface area contributed by atoms with Gasteiger partial charge in [-0.25, -0.2) is 8.78 Å². The fourth-order valence-corrected chi connectivity index (χ4v) is 4.72. The molecular formula is C20H19F2N5O2S. The first-order valence-corrected chi connectivity index (χ1v) is 10.6. The number of benzene rings is 1. The van der Waals surface area contributed by atoms with E-state index in [2.05, 4.69) is 16.4 Å². The van der Waals surface area contributed by atoms with E-state index in [1.807, 2.05) is 0 Å².